The number of carbonyl (C=O) groups is 1. The van der Waals surface area contributed by atoms with E-state index in [-0.39, 0.29) is 17.2 Å². The smallest absolute Gasteiger partial charge is 0.256 e. The quantitative estimate of drug-likeness (QED) is 0.764. The second-order valence-electron chi connectivity index (χ2n) is 3.76. The van der Waals surface area contributed by atoms with Crippen LogP contribution in [-0.4, -0.2) is 29.0 Å². The van der Waals surface area contributed by atoms with Crippen LogP contribution in [0.4, 0.5) is 4.39 Å². The van der Waals surface area contributed by atoms with Gasteiger partial charge in [0.2, 0.25) is 0 Å². The maximum atomic E-state index is 13.4. The Kier molecular flexibility index (Phi) is 2.34. The summed E-state index contributed by atoms with van der Waals surface area (Å²) in [4.78, 5) is 13.2. The van der Waals surface area contributed by atoms with E-state index in [0.29, 0.717) is 18.7 Å². The molecule has 0 atom stereocenters. The minimum Gasteiger partial charge on any atom is -0.508 e. The van der Waals surface area contributed by atoms with Crippen LogP contribution in [0, 0.1) is 12.7 Å². The lowest BCUT2D eigenvalue weighted by atomic mass is 10.1. The maximum absolute atomic E-state index is 13.4. The molecule has 0 radical (unpaired) electrons. The lowest BCUT2D eigenvalue weighted by Gasteiger charge is -2.31. The Morgan fingerprint density at radius 1 is 1.47 bits per heavy atom. The lowest BCUT2D eigenvalue weighted by Crippen LogP contribution is -2.42. The molecule has 1 aromatic carbocycles. The molecule has 1 fully saturated rings. The largest absolute Gasteiger partial charge is 0.508 e. The lowest BCUT2D eigenvalue weighted by molar-refractivity contribution is 0.0646. The van der Waals surface area contributed by atoms with E-state index in [0.717, 1.165) is 6.42 Å². The number of phenolic OH excluding ortho intramolecular Hbond substituents is 1. The van der Waals surface area contributed by atoms with E-state index in [2.05, 4.69) is 0 Å². The summed E-state index contributed by atoms with van der Waals surface area (Å²) in [5.41, 5.74) is 0.394. The zero-order chi connectivity index (χ0) is 11.0. The van der Waals surface area contributed by atoms with E-state index in [1.165, 1.54) is 12.1 Å². The third-order valence-electron chi connectivity index (χ3n) is 2.66. The number of hydrogen-bond acceptors (Lipinski definition) is 2. The van der Waals surface area contributed by atoms with Crippen molar-refractivity contribution in [1.82, 2.24) is 4.90 Å². The van der Waals surface area contributed by atoms with Crippen LogP contribution < -0.4 is 0 Å². The molecule has 1 aliphatic heterocycles. The van der Waals surface area contributed by atoms with Crippen molar-refractivity contribution in [3.63, 3.8) is 0 Å². The minimum absolute atomic E-state index is 0.0414. The zero-order valence-electron chi connectivity index (χ0n) is 8.46. The highest BCUT2D eigenvalue weighted by Gasteiger charge is 2.24. The summed E-state index contributed by atoms with van der Waals surface area (Å²) in [5, 5.41) is 9.41. The van der Waals surface area contributed by atoms with Gasteiger partial charge in [0.25, 0.3) is 5.91 Å². The van der Waals surface area contributed by atoms with E-state index in [1.807, 2.05) is 0 Å². The van der Waals surface area contributed by atoms with Crippen molar-refractivity contribution in [3.8, 4) is 5.75 Å². The molecule has 1 heterocycles. The SMILES string of the molecule is Cc1cc(F)c(C(=O)N2CCC2)cc1O. The van der Waals surface area contributed by atoms with Gasteiger partial charge in [0.1, 0.15) is 11.6 Å². The van der Waals surface area contributed by atoms with Gasteiger partial charge in [-0.25, -0.2) is 4.39 Å². The van der Waals surface area contributed by atoms with Gasteiger partial charge in [-0.1, -0.05) is 0 Å². The molecule has 1 aliphatic rings. The van der Waals surface area contributed by atoms with Crippen molar-refractivity contribution >= 4 is 5.91 Å². The first-order chi connectivity index (χ1) is 7.09. The average Bonchev–Trinajstić information content (AvgIpc) is 2.08. The van der Waals surface area contributed by atoms with Gasteiger partial charge in [0.05, 0.1) is 5.56 Å². The molecule has 15 heavy (non-hydrogen) atoms. The van der Waals surface area contributed by atoms with Crippen molar-refractivity contribution in [3.05, 3.63) is 29.1 Å². The number of benzene rings is 1. The van der Waals surface area contributed by atoms with Crippen LogP contribution >= 0.6 is 0 Å². The van der Waals surface area contributed by atoms with Gasteiger partial charge >= 0.3 is 0 Å². The van der Waals surface area contributed by atoms with Crippen LogP contribution in [0.25, 0.3) is 0 Å². The van der Waals surface area contributed by atoms with E-state index in [4.69, 9.17) is 0 Å². The number of likely N-dealkylation sites (tertiary alicyclic amines) is 1. The summed E-state index contributed by atoms with van der Waals surface area (Å²) in [7, 11) is 0. The molecule has 1 aromatic rings. The molecule has 2 rings (SSSR count). The number of amides is 1. The summed E-state index contributed by atoms with van der Waals surface area (Å²) < 4.78 is 13.4. The maximum Gasteiger partial charge on any atom is 0.256 e. The predicted molar refractivity (Wildman–Crippen MR) is 53.3 cm³/mol. The van der Waals surface area contributed by atoms with Gasteiger partial charge in [0.15, 0.2) is 0 Å². The van der Waals surface area contributed by atoms with E-state index in [1.54, 1.807) is 11.8 Å². The molecule has 1 amide bonds. The molecule has 0 unspecified atom stereocenters. The molecule has 0 spiro atoms. The molecule has 0 bridgehead atoms. The van der Waals surface area contributed by atoms with Gasteiger partial charge in [-0.2, -0.15) is 0 Å². The van der Waals surface area contributed by atoms with Crippen LogP contribution in [-0.2, 0) is 0 Å². The van der Waals surface area contributed by atoms with Crippen LogP contribution in [0.15, 0.2) is 12.1 Å². The second-order valence-corrected chi connectivity index (χ2v) is 3.76. The molecule has 0 aliphatic carbocycles. The number of nitrogens with zero attached hydrogens (tertiary/aromatic N) is 1. The molecule has 0 aromatic heterocycles. The molecule has 0 saturated carbocycles. The third kappa shape index (κ3) is 1.67. The summed E-state index contributed by atoms with van der Waals surface area (Å²) in [5.74, 6) is -0.948. The Morgan fingerprint density at radius 2 is 2.13 bits per heavy atom. The van der Waals surface area contributed by atoms with Crippen molar-refractivity contribution in [1.29, 1.82) is 0 Å². The van der Waals surface area contributed by atoms with Gasteiger partial charge in [-0.05, 0) is 31.0 Å². The molecular weight excluding hydrogens is 197 g/mol. The highest BCUT2D eigenvalue weighted by atomic mass is 19.1. The fourth-order valence-corrected chi connectivity index (χ4v) is 1.51. The van der Waals surface area contributed by atoms with Gasteiger partial charge in [-0.15, -0.1) is 0 Å². The van der Waals surface area contributed by atoms with Gasteiger partial charge < -0.3 is 10.0 Å². The molecule has 1 N–H and O–H groups in total. The molecule has 4 heteroatoms. The Balaban J connectivity index is 2.34. The first-order valence-electron chi connectivity index (χ1n) is 4.88. The van der Waals surface area contributed by atoms with Gasteiger partial charge in [0, 0.05) is 13.1 Å². The van der Waals surface area contributed by atoms with Crippen molar-refractivity contribution in [2.24, 2.45) is 0 Å². The predicted octanol–water partition coefficient (Wildman–Crippen LogP) is 1.69. The Labute approximate surface area is 87.1 Å². The van der Waals surface area contributed by atoms with Crippen LogP contribution in [0.2, 0.25) is 0 Å². The Hall–Kier alpha value is -1.58. The number of phenols is 1. The number of aromatic hydroxyl groups is 1. The van der Waals surface area contributed by atoms with Crippen molar-refractivity contribution in [2.75, 3.05) is 13.1 Å². The summed E-state index contributed by atoms with van der Waals surface area (Å²) >= 11 is 0. The summed E-state index contributed by atoms with van der Waals surface area (Å²) in [6.07, 6.45) is 0.963. The first kappa shape index (κ1) is 9.96. The zero-order valence-corrected chi connectivity index (χ0v) is 8.46. The fraction of sp³-hybridized carbons (Fsp3) is 0.364. The van der Waals surface area contributed by atoms with E-state index >= 15 is 0 Å². The van der Waals surface area contributed by atoms with Crippen molar-refractivity contribution < 1.29 is 14.3 Å². The fourth-order valence-electron chi connectivity index (χ4n) is 1.51. The Bertz CT molecular complexity index is 413. The summed E-state index contributed by atoms with van der Waals surface area (Å²) in [6.45, 7) is 2.94. The first-order valence-corrected chi connectivity index (χ1v) is 4.88. The number of halogens is 1. The standard InChI is InChI=1S/C11H12FNO2/c1-7-5-9(12)8(6-10(7)14)11(15)13-3-2-4-13/h5-6,14H,2-4H2,1H3. The highest BCUT2D eigenvalue weighted by Crippen LogP contribution is 2.23. The molecular formula is C11H12FNO2. The number of carbonyl (C=O) groups excluding carboxylic acids is 1. The highest BCUT2D eigenvalue weighted by molar-refractivity contribution is 5.95. The second kappa shape index (κ2) is 3.53. The normalized spacial score (nSPS) is 14.9. The van der Waals surface area contributed by atoms with Crippen LogP contribution in [0.3, 0.4) is 0 Å². The van der Waals surface area contributed by atoms with Gasteiger partial charge in [-0.3, -0.25) is 4.79 Å². The summed E-state index contributed by atoms with van der Waals surface area (Å²) in [6, 6.07) is 2.38. The number of hydrogen-bond donors (Lipinski definition) is 1. The van der Waals surface area contributed by atoms with Crippen LogP contribution in [0.5, 0.6) is 5.75 Å². The number of rotatable bonds is 1. The Morgan fingerprint density at radius 3 is 2.67 bits per heavy atom. The minimum atomic E-state index is -0.567. The molecule has 1 saturated heterocycles. The average molecular weight is 209 g/mol. The van der Waals surface area contributed by atoms with E-state index < -0.39 is 5.82 Å². The van der Waals surface area contributed by atoms with E-state index in [9.17, 15) is 14.3 Å². The molecule has 80 valence electrons. The third-order valence-corrected chi connectivity index (χ3v) is 2.66. The number of aryl methyl sites for hydroxylation is 1. The monoisotopic (exact) mass is 209 g/mol. The molecule has 3 nitrogen and oxygen atoms in total. The topological polar surface area (TPSA) is 40.5 Å². The van der Waals surface area contributed by atoms with Crippen molar-refractivity contribution in [2.45, 2.75) is 13.3 Å². The van der Waals surface area contributed by atoms with Crippen LogP contribution in [0.1, 0.15) is 22.3 Å².